The third kappa shape index (κ3) is 9.19. The molecule has 2 N–H and O–H groups in total. The lowest BCUT2D eigenvalue weighted by Gasteiger charge is -2.28. The van der Waals surface area contributed by atoms with E-state index < -0.39 is 0 Å². The molecule has 0 aliphatic rings. The van der Waals surface area contributed by atoms with Gasteiger partial charge in [-0.25, -0.2) is 0 Å². The first kappa shape index (κ1) is 25.1. The highest BCUT2D eigenvalue weighted by Crippen LogP contribution is 2.25. The molecular formula is C20H37IN4O. The Hall–Kier alpha value is -0.860. The molecular weight excluding hydrogens is 439 g/mol. The fraction of sp³-hybridized carbons (Fsp3) is 0.650. The van der Waals surface area contributed by atoms with E-state index in [1.165, 1.54) is 11.1 Å². The molecule has 0 amide bonds. The second-order valence-electron chi connectivity index (χ2n) is 7.20. The molecule has 1 aromatic carbocycles. The molecule has 6 heteroatoms. The molecule has 0 saturated carbocycles. The summed E-state index contributed by atoms with van der Waals surface area (Å²) in [4.78, 5) is 6.64. The van der Waals surface area contributed by atoms with Crippen LogP contribution in [0.1, 0.15) is 31.4 Å². The lowest BCUT2D eigenvalue weighted by Crippen LogP contribution is -2.45. The van der Waals surface area contributed by atoms with Gasteiger partial charge < -0.3 is 20.3 Å². The molecule has 26 heavy (non-hydrogen) atoms. The van der Waals surface area contributed by atoms with E-state index in [2.05, 4.69) is 72.6 Å². The lowest BCUT2D eigenvalue weighted by molar-refractivity contribution is 0.180. The fourth-order valence-electron chi connectivity index (χ4n) is 2.91. The van der Waals surface area contributed by atoms with Crippen molar-refractivity contribution < 1.29 is 4.74 Å². The van der Waals surface area contributed by atoms with E-state index in [-0.39, 0.29) is 29.4 Å². The standard InChI is InChI=1S/C20H36N4O.HI/c1-17-10-7-8-11-18(17)20(2,3)16-23-19(21-4)22-12-14-24(5)13-9-15-25-6;/h7-8,10-11H,9,12-16H2,1-6H3,(H2,21,22,23);1H. The second-order valence-corrected chi connectivity index (χ2v) is 7.20. The van der Waals surface area contributed by atoms with Gasteiger partial charge in [-0.2, -0.15) is 0 Å². The molecule has 0 radical (unpaired) electrons. The highest BCUT2D eigenvalue weighted by Gasteiger charge is 2.22. The van der Waals surface area contributed by atoms with Crippen molar-refractivity contribution in [2.75, 3.05) is 54.0 Å². The van der Waals surface area contributed by atoms with Crippen LogP contribution in [0.25, 0.3) is 0 Å². The van der Waals surface area contributed by atoms with Crippen molar-refractivity contribution in [3.8, 4) is 0 Å². The average Bonchev–Trinajstić information content (AvgIpc) is 2.58. The number of halogens is 1. The maximum atomic E-state index is 5.09. The topological polar surface area (TPSA) is 48.9 Å². The summed E-state index contributed by atoms with van der Waals surface area (Å²) in [5, 5.41) is 6.86. The van der Waals surface area contributed by atoms with Gasteiger partial charge in [-0.1, -0.05) is 38.1 Å². The maximum absolute atomic E-state index is 5.09. The van der Waals surface area contributed by atoms with Crippen LogP contribution in [0.2, 0.25) is 0 Å². The lowest BCUT2D eigenvalue weighted by atomic mass is 9.82. The summed E-state index contributed by atoms with van der Waals surface area (Å²) in [5.41, 5.74) is 2.74. The van der Waals surface area contributed by atoms with E-state index in [0.29, 0.717) is 0 Å². The number of likely N-dealkylation sites (N-methyl/N-ethyl adjacent to an activating group) is 1. The van der Waals surface area contributed by atoms with Crippen molar-refractivity contribution in [2.24, 2.45) is 4.99 Å². The molecule has 150 valence electrons. The minimum atomic E-state index is 0. The Morgan fingerprint density at radius 1 is 1.19 bits per heavy atom. The second kappa shape index (κ2) is 13.3. The third-order valence-electron chi connectivity index (χ3n) is 4.47. The average molecular weight is 476 g/mol. The fourth-order valence-corrected chi connectivity index (χ4v) is 2.91. The molecule has 0 heterocycles. The van der Waals surface area contributed by atoms with E-state index in [9.17, 15) is 0 Å². The number of nitrogens with zero attached hydrogens (tertiary/aromatic N) is 2. The summed E-state index contributed by atoms with van der Waals surface area (Å²) < 4.78 is 5.09. The molecule has 0 fully saturated rings. The summed E-state index contributed by atoms with van der Waals surface area (Å²) in [5.74, 6) is 0.854. The van der Waals surface area contributed by atoms with Gasteiger partial charge in [0.2, 0.25) is 0 Å². The number of methoxy groups -OCH3 is 1. The zero-order valence-corrected chi connectivity index (χ0v) is 19.6. The Kier molecular flexibility index (Phi) is 12.9. The predicted molar refractivity (Wildman–Crippen MR) is 123 cm³/mol. The van der Waals surface area contributed by atoms with Crippen LogP contribution >= 0.6 is 24.0 Å². The number of ether oxygens (including phenoxy) is 1. The molecule has 1 rings (SSSR count). The van der Waals surface area contributed by atoms with Gasteiger partial charge >= 0.3 is 0 Å². The van der Waals surface area contributed by atoms with Crippen LogP contribution in [0.15, 0.2) is 29.3 Å². The monoisotopic (exact) mass is 476 g/mol. The third-order valence-corrected chi connectivity index (χ3v) is 4.47. The highest BCUT2D eigenvalue weighted by molar-refractivity contribution is 14.0. The molecule has 0 atom stereocenters. The van der Waals surface area contributed by atoms with E-state index in [0.717, 1.165) is 45.2 Å². The zero-order chi connectivity index (χ0) is 18.7. The van der Waals surface area contributed by atoms with Gasteiger partial charge in [0.1, 0.15) is 0 Å². The first-order valence-electron chi connectivity index (χ1n) is 9.09. The Balaban J connectivity index is 0.00000625. The molecule has 0 aliphatic heterocycles. The van der Waals surface area contributed by atoms with Gasteiger partial charge in [0, 0.05) is 52.4 Å². The molecule has 0 spiro atoms. The van der Waals surface area contributed by atoms with Crippen molar-refractivity contribution in [3.05, 3.63) is 35.4 Å². The largest absolute Gasteiger partial charge is 0.385 e. The number of aliphatic imine (C=N–C) groups is 1. The first-order chi connectivity index (χ1) is 11.9. The Morgan fingerprint density at radius 2 is 1.88 bits per heavy atom. The van der Waals surface area contributed by atoms with Crippen molar-refractivity contribution in [1.82, 2.24) is 15.5 Å². The Labute approximate surface area is 177 Å². The number of guanidine groups is 1. The minimum absolute atomic E-state index is 0. The number of hydrogen-bond donors (Lipinski definition) is 2. The van der Waals surface area contributed by atoms with E-state index in [1.807, 2.05) is 7.05 Å². The molecule has 0 aliphatic carbocycles. The molecule has 0 bridgehead atoms. The van der Waals surface area contributed by atoms with Crippen molar-refractivity contribution >= 4 is 29.9 Å². The smallest absolute Gasteiger partial charge is 0.191 e. The van der Waals surface area contributed by atoms with Gasteiger partial charge in [0.15, 0.2) is 5.96 Å². The Bertz CT molecular complexity index is 534. The summed E-state index contributed by atoms with van der Waals surface area (Å²) in [6, 6.07) is 8.58. The zero-order valence-electron chi connectivity index (χ0n) is 17.3. The normalized spacial score (nSPS) is 12.0. The van der Waals surface area contributed by atoms with Gasteiger partial charge in [-0.15, -0.1) is 24.0 Å². The van der Waals surface area contributed by atoms with Gasteiger partial charge in [0.25, 0.3) is 0 Å². The van der Waals surface area contributed by atoms with E-state index >= 15 is 0 Å². The quantitative estimate of drug-likeness (QED) is 0.236. The van der Waals surface area contributed by atoms with E-state index in [1.54, 1.807) is 7.11 Å². The molecule has 5 nitrogen and oxygen atoms in total. The van der Waals surface area contributed by atoms with Crippen LogP contribution in [0.4, 0.5) is 0 Å². The number of hydrogen-bond acceptors (Lipinski definition) is 3. The number of nitrogens with one attached hydrogen (secondary N) is 2. The highest BCUT2D eigenvalue weighted by atomic mass is 127. The van der Waals surface area contributed by atoms with Gasteiger partial charge in [-0.3, -0.25) is 4.99 Å². The molecule has 0 aromatic heterocycles. The summed E-state index contributed by atoms with van der Waals surface area (Å²) in [7, 11) is 5.70. The van der Waals surface area contributed by atoms with Crippen molar-refractivity contribution in [3.63, 3.8) is 0 Å². The SMILES string of the molecule is CN=C(NCCN(C)CCCOC)NCC(C)(C)c1ccccc1C.I. The van der Waals surface area contributed by atoms with Crippen LogP contribution < -0.4 is 10.6 Å². The van der Waals surface area contributed by atoms with Crippen LogP contribution in [-0.4, -0.2) is 64.9 Å². The number of rotatable bonds is 10. The Morgan fingerprint density at radius 3 is 2.50 bits per heavy atom. The van der Waals surface area contributed by atoms with Gasteiger partial charge in [-0.05, 0) is 31.5 Å². The van der Waals surface area contributed by atoms with Crippen molar-refractivity contribution in [1.29, 1.82) is 0 Å². The summed E-state index contributed by atoms with van der Waals surface area (Å²) in [6.45, 7) is 11.2. The van der Waals surface area contributed by atoms with E-state index in [4.69, 9.17) is 4.74 Å². The maximum Gasteiger partial charge on any atom is 0.191 e. The summed E-state index contributed by atoms with van der Waals surface area (Å²) >= 11 is 0. The number of aryl methyl sites for hydroxylation is 1. The van der Waals surface area contributed by atoms with Crippen LogP contribution in [0, 0.1) is 6.92 Å². The molecule has 0 unspecified atom stereocenters. The van der Waals surface area contributed by atoms with Crippen LogP contribution in [0.5, 0.6) is 0 Å². The van der Waals surface area contributed by atoms with Crippen LogP contribution in [-0.2, 0) is 10.2 Å². The van der Waals surface area contributed by atoms with Gasteiger partial charge in [0.05, 0.1) is 0 Å². The first-order valence-corrected chi connectivity index (χ1v) is 9.09. The number of benzene rings is 1. The summed E-state index contributed by atoms with van der Waals surface area (Å²) in [6.07, 6.45) is 1.06. The van der Waals surface area contributed by atoms with Crippen LogP contribution in [0.3, 0.4) is 0 Å². The minimum Gasteiger partial charge on any atom is -0.385 e. The molecule has 0 saturated heterocycles. The van der Waals surface area contributed by atoms with Crippen molar-refractivity contribution in [2.45, 2.75) is 32.6 Å². The predicted octanol–water partition coefficient (Wildman–Crippen LogP) is 3.02. The molecule has 1 aromatic rings.